The van der Waals surface area contributed by atoms with E-state index in [0.29, 0.717) is 16.7 Å². The van der Waals surface area contributed by atoms with Crippen LogP contribution in [0.1, 0.15) is 80.1 Å². The van der Waals surface area contributed by atoms with Gasteiger partial charge in [0.1, 0.15) is 0 Å². The van der Waals surface area contributed by atoms with E-state index in [4.69, 9.17) is 0 Å². The fourth-order valence-electron chi connectivity index (χ4n) is 7.11. The Hall–Kier alpha value is -0.0400. The molecule has 1 N–H and O–H groups in total. The first-order valence-electron chi connectivity index (χ1n) is 9.94. The molecule has 0 aromatic rings. The molecule has 0 spiro atoms. The summed E-state index contributed by atoms with van der Waals surface area (Å²) in [4.78, 5) is 0. The number of rotatable bonds is 4. The topological polar surface area (TPSA) is 20.2 Å². The molecule has 3 fully saturated rings. The van der Waals surface area contributed by atoms with E-state index in [1.807, 2.05) is 0 Å². The van der Waals surface area contributed by atoms with Crippen LogP contribution in [0.3, 0.4) is 0 Å². The van der Waals surface area contributed by atoms with Gasteiger partial charge in [0, 0.05) is 0 Å². The average Bonchev–Trinajstić information content (AvgIpc) is 3.12. The van der Waals surface area contributed by atoms with Crippen molar-refractivity contribution >= 4 is 0 Å². The summed E-state index contributed by atoms with van der Waals surface area (Å²) in [6.07, 6.45) is 7.67. The number of hydrogen-bond acceptors (Lipinski definition) is 1. The Morgan fingerprint density at radius 3 is 2.41 bits per heavy atom. The summed E-state index contributed by atoms with van der Waals surface area (Å²) in [6.45, 7) is 14.7. The summed E-state index contributed by atoms with van der Waals surface area (Å²) in [6, 6.07) is 0. The minimum Gasteiger partial charge on any atom is -0.393 e. The fraction of sp³-hybridized carbons (Fsp3) is 1.00. The van der Waals surface area contributed by atoms with Gasteiger partial charge in [0.15, 0.2) is 0 Å². The van der Waals surface area contributed by atoms with Crippen molar-refractivity contribution in [2.45, 2.75) is 86.2 Å². The van der Waals surface area contributed by atoms with Crippen LogP contribution in [0.5, 0.6) is 0 Å². The van der Waals surface area contributed by atoms with Gasteiger partial charge in [-0.3, -0.25) is 0 Å². The van der Waals surface area contributed by atoms with E-state index in [9.17, 15) is 5.11 Å². The fourth-order valence-corrected chi connectivity index (χ4v) is 7.11. The molecule has 0 radical (unpaired) electrons. The van der Waals surface area contributed by atoms with Gasteiger partial charge in [0.2, 0.25) is 0 Å². The highest BCUT2D eigenvalue weighted by molar-refractivity contribution is 5.18. The molecular formula is C21H38O. The van der Waals surface area contributed by atoms with Crippen molar-refractivity contribution in [1.82, 2.24) is 0 Å². The zero-order valence-electron chi connectivity index (χ0n) is 15.7. The molecule has 22 heavy (non-hydrogen) atoms. The Kier molecular flexibility index (Phi) is 4.20. The van der Waals surface area contributed by atoms with Gasteiger partial charge < -0.3 is 5.11 Å². The lowest BCUT2D eigenvalue weighted by Crippen LogP contribution is -2.53. The van der Waals surface area contributed by atoms with Gasteiger partial charge in [0.05, 0.1) is 6.10 Å². The van der Waals surface area contributed by atoms with Crippen molar-refractivity contribution in [3.05, 3.63) is 0 Å². The van der Waals surface area contributed by atoms with Gasteiger partial charge in [-0.1, -0.05) is 41.5 Å². The normalized spacial score (nSPS) is 52.1. The molecule has 3 rings (SSSR count). The molecule has 1 heteroatoms. The third-order valence-electron chi connectivity index (χ3n) is 8.37. The monoisotopic (exact) mass is 306 g/mol. The molecule has 0 heterocycles. The van der Waals surface area contributed by atoms with Gasteiger partial charge in [-0.05, 0) is 84.9 Å². The number of hydrogen-bond donors (Lipinski definition) is 1. The lowest BCUT2D eigenvalue weighted by Gasteiger charge is -2.57. The van der Waals surface area contributed by atoms with Crippen LogP contribution in [0.2, 0.25) is 0 Å². The van der Waals surface area contributed by atoms with Crippen LogP contribution in [0.4, 0.5) is 0 Å². The van der Waals surface area contributed by atoms with Gasteiger partial charge in [-0.15, -0.1) is 0 Å². The van der Waals surface area contributed by atoms with Crippen LogP contribution < -0.4 is 0 Å². The maximum atomic E-state index is 10.8. The van der Waals surface area contributed by atoms with E-state index < -0.39 is 0 Å². The lowest BCUT2D eigenvalue weighted by molar-refractivity contribution is -0.128. The molecule has 0 aromatic carbocycles. The van der Waals surface area contributed by atoms with Gasteiger partial charge in [-0.2, -0.15) is 0 Å². The van der Waals surface area contributed by atoms with Crippen molar-refractivity contribution < 1.29 is 5.11 Å². The van der Waals surface area contributed by atoms with Crippen molar-refractivity contribution in [2.24, 2.45) is 46.3 Å². The second-order valence-corrected chi connectivity index (χ2v) is 9.89. The third kappa shape index (κ3) is 2.29. The molecule has 2 unspecified atom stereocenters. The molecular weight excluding hydrogens is 268 g/mol. The van der Waals surface area contributed by atoms with Crippen molar-refractivity contribution in [2.75, 3.05) is 0 Å². The summed E-state index contributed by atoms with van der Waals surface area (Å²) >= 11 is 0. The Balaban J connectivity index is 1.91. The highest BCUT2D eigenvalue weighted by Gasteiger charge is 2.70. The standard InChI is InChI=1S/C21H38O/c1-7-21-12-16(14(4)10-13(2)3)20(6)11-17(20)19(21)18(22)9-8-15(21)5/h13-19,22H,7-12H2,1-6H3/t14?,15-,16+,17+,18-,19?,20-,21+/m0/s1. The number of aliphatic hydroxyl groups excluding tert-OH is 1. The largest absolute Gasteiger partial charge is 0.393 e. The molecule has 0 amide bonds. The molecule has 8 atom stereocenters. The van der Waals surface area contributed by atoms with E-state index in [1.165, 1.54) is 32.1 Å². The first kappa shape index (κ1) is 16.8. The van der Waals surface area contributed by atoms with E-state index in [-0.39, 0.29) is 6.10 Å². The zero-order chi connectivity index (χ0) is 16.3. The SMILES string of the molecule is CC[C@]12C[C@H](C(C)CC(C)C)[C@]3(C)C[C@@H]3C1[C@@H](O)CC[C@@H]2C. The van der Waals surface area contributed by atoms with Crippen LogP contribution in [-0.2, 0) is 0 Å². The predicted octanol–water partition coefficient (Wildman–Crippen LogP) is 5.52. The second-order valence-electron chi connectivity index (χ2n) is 9.89. The third-order valence-corrected chi connectivity index (χ3v) is 8.37. The van der Waals surface area contributed by atoms with Crippen LogP contribution in [0.25, 0.3) is 0 Å². The summed E-state index contributed by atoms with van der Waals surface area (Å²) < 4.78 is 0. The molecule has 3 aliphatic rings. The second kappa shape index (κ2) is 5.50. The van der Waals surface area contributed by atoms with Gasteiger partial charge in [0.25, 0.3) is 0 Å². The van der Waals surface area contributed by atoms with Crippen LogP contribution in [-0.4, -0.2) is 11.2 Å². The molecule has 0 aromatic heterocycles. The Morgan fingerprint density at radius 2 is 1.82 bits per heavy atom. The van der Waals surface area contributed by atoms with Crippen molar-refractivity contribution in [3.63, 3.8) is 0 Å². The first-order valence-corrected chi connectivity index (χ1v) is 9.94. The summed E-state index contributed by atoms with van der Waals surface area (Å²) in [5.74, 6) is 4.71. The summed E-state index contributed by atoms with van der Waals surface area (Å²) in [5, 5.41) is 10.8. The van der Waals surface area contributed by atoms with Crippen molar-refractivity contribution in [1.29, 1.82) is 0 Å². The van der Waals surface area contributed by atoms with Gasteiger partial charge >= 0.3 is 0 Å². The lowest BCUT2D eigenvalue weighted by atomic mass is 9.48. The molecule has 1 nitrogen and oxygen atoms in total. The molecule has 128 valence electrons. The first-order chi connectivity index (χ1) is 10.3. The summed E-state index contributed by atoms with van der Waals surface area (Å²) in [5.41, 5.74) is 0.962. The molecule has 3 aliphatic carbocycles. The molecule has 0 aliphatic heterocycles. The zero-order valence-corrected chi connectivity index (χ0v) is 15.7. The van der Waals surface area contributed by atoms with Crippen LogP contribution in [0.15, 0.2) is 0 Å². The van der Waals surface area contributed by atoms with E-state index in [1.54, 1.807) is 0 Å². The Labute approximate surface area is 138 Å². The minimum atomic E-state index is -0.0238. The van der Waals surface area contributed by atoms with E-state index >= 15 is 0 Å². The van der Waals surface area contributed by atoms with E-state index in [2.05, 4.69) is 41.5 Å². The Bertz CT molecular complexity index is 416. The smallest absolute Gasteiger partial charge is 0.0576 e. The van der Waals surface area contributed by atoms with Crippen LogP contribution in [0, 0.1) is 46.3 Å². The van der Waals surface area contributed by atoms with E-state index in [0.717, 1.165) is 36.0 Å². The summed E-state index contributed by atoms with van der Waals surface area (Å²) in [7, 11) is 0. The molecule has 0 bridgehead atoms. The quantitative estimate of drug-likeness (QED) is 0.725. The van der Waals surface area contributed by atoms with Crippen LogP contribution >= 0.6 is 0 Å². The highest BCUT2D eigenvalue weighted by atomic mass is 16.3. The highest BCUT2D eigenvalue weighted by Crippen LogP contribution is 2.75. The molecule has 3 saturated carbocycles. The number of fused-ring (bicyclic) bond motifs is 3. The average molecular weight is 307 g/mol. The predicted molar refractivity (Wildman–Crippen MR) is 93.6 cm³/mol. The number of aliphatic hydroxyl groups is 1. The molecule has 0 saturated heterocycles. The van der Waals surface area contributed by atoms with Crippen molar-refractivity contribution in [3.8, 4) is 0 Å². The maximum absolute atomic E-state index is 10.8. The Morgan fingerprint density at radius 1 is 1.14 bits per heavy atom. The minimum absolute atomic E-state index is 0.0238. The maximum Gasteiger partial charge on any atom is 0.0576 e. The van der Waals surface area contributed by atoms with Gasteiger partial charge in [-0.25, -0.2) is 0 Å².